The minimum Gasteiger partial charge on any atom is -0.356 e. The Morgan fingerprint density at radius 2 is 1.86 bits per heavy atom. The van der Waals surface area contributed by atoms with Crippen LogP contribution < -0.4 is 10.5 Å². The maximum Gasteiger partial charge on any atom is 0.242 e. The zero-order valence-corrected chi connectivity index (χ0v) is 14.4. The summed E-state index contributed by atoms with van der Waals surface area (Å²) in [5, 5.41) is 0. The van der Waals surface area contributed by atoms with E-state index in [0.29, 0.717) is 0 Å². The molecule has 1 radical (unpaired) electrons. The summed E-state index contributed by atoms with van der Waals surface area (Å²) in [6.07, 6.45) is -1.43. The van der Waals surface area contributed by atoms with Crippen LogP contribution in [0.4, 0.5) is 0 Å². The van der Waals surface area contributed by atoms with Gasteiger partial charge < -0.3 is 4.74 Å². The molecule has 0 aliphatic heterocycles. The van der Waals surface area contributed by atoms with Crippen molar-refractivity contribution in [1.29, 1.82) is 0 Å². The molecule has 0 saturated carbocycles. The minimum absolute atomic E-state index is 0.0608. The van der Waals surface area contributed by atoms with E-state index in [0.717, 1.165) is 4.47 Å². The van der Waals surface area contributed by atoms with Gasteiger partial charge in [0.15, 0.2) is 0 Å². The Balaban J connectivity index is 2.95. The summed E-state index contributed by atoms with van der Waals surface area (Å²) in [6.45, 7) is 5.22. The van der Waals surface area contributed by atoms with E-state index in [-0.39, 0.29) is 11.3 Å². The summed E-state index contributed by atoms with van der Waals surface area (Å²) in [5.41, 5.74) is 6.35. The summed E-state index contributed by atoms with van der Waals surface area (Å²) < 4.78 is 33.0. The van der Waals surface area contributed by atoms with Gasteiger partial charge in [-0.25, -0.2) is 8.42 Å². The van der Waals surface area contributed by atoms with Crippen molar-refractivity contribution in [2.75, 3.05) is 0 Å². The Bertz CT molecular complexity index is 594. The van der Waals surface area contributed by atoms with Crippen LogP contribution >= 0.6 is 15.9 Å². The number of amides is 1. The van der Waals surface area contributed by atoms with Crippen LogP contribution in [-0.2, 0) is 19.6 Å². The number of carbonyl (C=O) groups is 1. The molecule has 0 saturated heterocycles. The number of hydrogen-bond donors (Lipinski definition) is 1. The first-order valence-electron chi connectivity index (χ1n) is 6.20. The monoisotopic (exact) mass is 377 g/mol. The Labute approximate surface area is 133 Å². The van der Waals surface area contributed by atoms with Crippen LogP contribution in [-0.4, -0.2) is 26.2 Å². The topological polar surface area (TPSA) is 96.3 Å². The molecule has 21 heavy (non-hydrogen) atoms. The molecule has 1 unspecified atom stereocenters. The number of ether oxygens (including phenoxy) is 1. The Hall–Kier alpha value is -0.960. The molecule has 0 heterocycles. The van der Waals surface area contributed by atoms with Crippen molar-refractivity contribution >= 4 is 31.9 Å². The molecular weight excluding hydrogens is 360 g/mol. The molecule has 1 aromatic rings. The average molecular weight is 378 g/mol. The second-order valence-corrected chi connectivity index (χ2v) is 8.05. The third-order valence-electron chi connectivity index (χ3n) is 2.28. The molecule has 0 fully saturated rings. The van der Waals surface area contributed by atoms with Crippen molar-refractivity contribution < 1.29 is 17.9 Å². The van der Waals surface area contributed by atoms with Gasteiger partial charge in [-0.3, -0.25) is 10.5 Å². The van der Waals surface area contributed by atoms with Gasteiger partial charge in [0, 0.05) is 4.47 Å². The van der Waals surface area contributed by atoms with Gasteiger partial charge in [-0.2, -0.15) is 4.72 Å². The lowest BCUT2D eigenvalue weighted by Crippen LogP contribution is -2.42. The predicted molar refractivity (Wildman–Crippen MR) is 81.8 cm³/mol. The van der Waals surface area contributed by atoms with Crippen LogP contribution in [0, 0.1) is 0 Å². The Morgan fingerprint density at radius 1 is 1.33 bits per heavy atom. The van der Waals surface area contributed by atoms with Gasteiger partial charge in [-0.05, 0) is 45.0 Å². The predicted octanol–water partition coefficient (Wildman–Crippen LogP) is 2.07. The number of nitrogens with one attached hydrogen (secondary N) is 2. The quantitative estimate of drug-likeness (QED) is 0.767. The molecular formula is C13H18BrN2O4S. The van der Waals surface area contributed by atoms with E-state index in [1.807, 2.05) is 0 Å². The normalized spacial score (nSPS) is 13.9. The lowest BCUT2D eigenvalue weighted by molar-refractivity contribution is -0.125. The van der Waals surface area contributed by atoms with Crippen molar-refractivity contribution in [2.45, 2.75) is 43.9 Å². The van der Waals surface area contributed by atoms with Crippen molar-refractivity contribution in [3.05, 3.63) is 28.7 Å². The van der Waals surface area contributed by atoms with Gasteiger partial charge in [0.05, 0.1) is 16.9 Å². The SMILES string of the molecule is CC(C)(C)OC(CC([NH])=O)NS(=O)(=O)c1ccc(Br)cc1. The highest BCUT2D eigenvalue weighted by Crippen LogP contribution is 2.17. The highest BCUT2D eigenvalue weighted by Gasteiger charge is 2.26. The number of rotatable bonds is 6. The summed E-state index contributed by atoms with van der Waals surface area (Å²) >= 11 is 3.23. The van der Waals surface area contributed by atoms with Gasteiger partial charge in [0.2, 0.25) is 15.9 Å². The zero-order valence-electron chi connectivity index (χ0n) is 12.0. The van der Waals surface area contributed by atoms with Crippen molar-refractivity contribution in [3.8, 4) is 0 Å². The molecule has 0 aliphatic rings. The van der Waals surface area contributed by atoms with Crippen molar-refractivity contribution in [1.82, 2.24) is 10.5 Å². The Morgan fingerprint density at radius 3 is 2.29 bits per heavy atom. The first kappa shape index (κ1) is 18.1. The largest absolute Gasteiger partial charge is 0.356 e. The molecule has 0 aliphatic carbocycles. The number of hydrogen-bond acceptors (Lipinski definition) is 4. The van der Waals surface area contributed by atoms with E-state index in [1.165, 1.54) is 12.1 Å². The van der Waals surface area contributed by atoms with Gasteiger partial charge in [0.25, 0.3) is 0 Å². The highest BCUT2D eigenvalue weighted by molar-refractivity contribution is 9.10. The fourth-order valence-electron chi connectivity index (χ4n) is 1.56. The fourth-order valence-corrected chi connectivity index (χ4v) is 2.93. The summed E-state index contributed by atoms with van der Waals surface area (Å²) in [7, 11) is -3.83. The van der Waals surface area contributed by atoms with Crippen LogP contribution in [0.25, 0.3) is 0 Å². The molecule has 8 heteroatoms. The zero-order chi connectivity index (χ0) is 16.3. The van der Waals surface area contributed by atoms with E-state index in [4.69, 9.17) is 10.5 Å². The van der Waals surface area contributed by atoms with Gasteiger partial charge in [-0.1, -0.05) is 15.9 Å². The molecule has 0 bridgehead atoms. The lowest BCUT2D eigenvalue weighted by Gasteiger charge is -2.27. The maximum absolute atomic E-state index is 12.2. The van der Waals surface area contributed by atoms with Crippen LogP contribution in [0.3, 0.4) is 0 Å². The first-order valence-corrected chi connectivity index (χ1v) is 8.47. The second kappa shape index (κ2) is 6.87. The first-order chi connectivity index (χ1) is 9.49. The smallest absolute Gasteiger partial charge is 0.242 e. The van der Waals surface area contributed by atoms with E-state index in [9.17, 15) is 13.2 Å². The highest BCUT2D eigenvalue weighted by atomic mass is 79.9. The third kappa shape index (κ3) is 6.56. The van der Waals surface area contributed by atoms with E-state index >= 15 is 0 Å². The average Bonchev–Trinajstić information content (AvgIpc) is 2.25. The molecule has 1 amide bonds. The molecule has 2 N–H and O–H groups in total. The van der Waals surface area contributed by atoms with Crippen LogP contribution in [0.5, 0.6) is 0 Å². The number of sulfonamides is 1. The molecule has 0 spiro atoms. The molecule has 6 nitrogen and oxygen atoms in total. The standard InChI is InChI=1S/C13H18BrN2O4S/c1-13(2,3)20-12(8-11(15)17)16-21(18,19)10-6-4-9(14)5-7-10/h4-7,12,15-16H,8H2,1-3H3. The number of halogens is 1. The van der Waals surface area contributed by atoms with E-state index in [2.05, 4.69) is 20.7 Å². The molecule has 1 rings (SSSR count). The third-order valence-corrected chi connectivity index (χ3v) is 4.27. The van der Waals surface area contributed by atoms with Gasteiger partial charge >= 0.3 is 0 Å². The van der Waals surface area contributed by atoms with Gasteiger partial charge in [-0.15, -0.1) is 0 Å². The van der Waals surface area contributed by atoms with Crippen LogP contribution in [0.2, 0.25) is 0 Å². The number of benzene rings is 1. The summed E-state index contributed by atoms with van der Waals surface area (Å²) in [5.74, 6) is -0.900. The second-order valence-electron chi connectivity index (χ2n) is 5.42. The minimum atomic E-state index is -3.83. The van der Waals surface area contributed by atoms with Crippen LogP contribution in [0.15, 0.2) is 33.6 Å². The number of carbonyl (C=O) groups excluding carboxylic acids is 1. The Kier molecular flexibility index (Phi) is 5.92. The molecule has 117 valence electrons. The van der Waals surface area contributed by atoms with Crippen molar-refractivity contribution in [3.63, 3.8) is 0 Å². The lowest BCUT2D eigenvalue weighted by atomic mass is 10.2. The molecule has 1 atom stereocenters. The van der Waals surface area contributed by atoms with Crippen molar-refractivity contribution in [2.24, 2.45) is 0 Å². The summed E-state index contributed by atoms with van der Waals surface area (Å²) in [6, 6.07) is 6.07. The van der Waals surface area contributed by atoms with E-state index in [1.54, 1.807) is 32.9 Å². The molecule has 0 aromatic heterocycles. The van der Waals surface area contributed by atoms with E-state index < -0.39 is 27.8 Å². The summed E-state index contributed by atoms with van der Waals surface area (Å²) in [4.78, 5) is 11.0. The van der Waals surface area contributed by atoms with Crippen LogP contribution in [0.1, 0.15) is 27.2 Å². The maximum atomic E-state index is 12.2. The fraction of sp³-hybridized carbons (Fsp3) is 0.462. The van der Waals surface area contributed by atoms with Gasteiger partial charge in [0.1, 0.15) is 6.23 Å². The molecule has 1 aromatic carbocycles.